The molecule has 1 aromatic carbocycles. The lowest BCUT2D eigenvalue weighted by molar-refractivity contribution is -0.119. The summed E-state index contributed by atoms with van der Waals surface area (Å²) in [5, 5.41) is 8.72. The maximum atomic E-state index is 12.0. The van der Waals surface area contributed by atoms with E-state index in [0.717, 1.165) is 42.6 Å². The predicted octanol–water partition coefficient (Wildman–Crippen LogP) is 2.11. The molecule has 0 spiro atoms. The van der Waals surface area contributed by atoms with Crippen molar-refractivity contribution in [2.45, 2.75) is 32.6 Å². The van der Waals surface area contributed by atoms with Crippen LogP contribution in [0, 0.1) is 11.8 Å². The summed E-state index contributed by atoms with van der Waals surface area (Å²) in [4.78, 5) is 13.9. The van der Waals surface area contributed by atoms with Gasteiger partial charge in [0.1, 0.15) is 6.61 Å². The summed E-state index contributed by atoms with van der Waals surface area (Å²) in [6.07, 6.45) is 3.58. The van der Waals surface area contributed by atoms with E-state index in [-0.39, 0.29) is 12.5 Å². The Hall–Kier alpha value is -1.79. The van der Waals surface area contributed by atoms with Crippen LogP contribution in [0.2, 0.25) is 0 Å². The third kappa shape index (κ3) is 3.15. The molecule has 1 fully saturated rings. The van der Waals surface area contributed by atoms with Gasteiger partial charge < -0.3 is 10.0 Å². The summed E-state index contributed by atoms with van der Waals surface area (Å²) in [5.41, 5.74) is 3.04. The van der Waals surface area contributed by atoms with Gasteiger partial charge in [-0.3, -0.25) is 4.79 Å². The Morgan fingerprint density at radius 2 is 2.21 bits per heavy atom. The number of benzene rings is 1. The minimum atomic E-state index is -0.131. The van der Waals surface area contributed by atoms with Crippen LogP contribution in [-0.2, 0) is 11.2 Å². The Labute approximate surface area is 114 Å². The highest BCUT2D eigenvalue weighted by molar-refractivity contribution is 5.94. The molecule has 1 saturated heterocycles. The SMILES string of the molecule is CCc1cc(C#CCO)ccc1N1CCCCC1=O. The van der Waals surface area contributed by atoms with Crippen LogP contribution in [0.15, 0.2) is 18.2 Å². The number of nitrogens with zero attached hydrogens (tertiary/aromatic N) is 1. The summed E-state index contributed by atoms with van der Waals surface area (Å²) < 4.78 is 0. The van der Waals surface area contributed by atoms with E-state index < -0.39 is 0 Å². The fraction of sp³-hybridized carbons (Fsp3) is 0.438. The molecular weight excluding hydrogens is 238 g/mol. The van der Waals surface area contributed by atoms with Crippen molar-refractivity contribution in [1.82, 2.24) is 0 Å². The van der Waals surface area contributed by atoms with E-state index in [0.29, 0.717) is 6.42 Å². The topological polar surface area (TPSA) is 40.5 Å². The normalized spacial score (nSPS) is 15.1. The van der Waals surface area contributed by atoms with E-state index >= 15 is 0 Å². The van der Waals surface area contributed by atoms with Gasteiger partial charge in [0.2, 0.25) is 5.91 Å². The first kappa shape index (κ1) is 13.6. The zero-order valence-corrected chi connectivity index (χ0v) is 11.3. The van der Waals surface area contributed by atoms with Crippen molar-refractivity contribution in [1.29, 1.82) is 0 Å². The zero-order valence-electron chi connectivity index (χ0n) is 11.3. The molecule has 1 heterocycles. The van der Waals surface area contributed by atoms with E-state index in [4.69, 9.17) is 5.11 Å². The molecule has 3 heteroatoms. The molecule has 1 aliphatic heterocycles. The second-order valence-corrected chi connectivity index (χ2v) is 4.66. The standard InChI is InChI=1S/C16H19NO2/c1-2-14-12-13(6-5-11-18)8-9-15(14)17-10-4-3-7-16(17)19/h8-9,12,18H,2-4,7,10-11H2,1H3. The van der Waals surface area contributed by atoms with Crippen molar-refractivity contribution in [3.05, 3.63) is 29.3 Å². The molecule has 0 radical (unpaired) electrons. The lowest BCUT2D eigenvalue weighted by Gasteiger charge is -2.28. The number of anilines is 1. The molecule has 1 N–H and O–H groups in total. The Kier molecular flexibility index (Phi) is 4.59. The molecule has 100 valence electrons. The third-order valence-corrected chi connectivity index (χ3v) is 3.39. The molecule has 1 aliphatic rings. The van der Waals surface area contributed by atoms with Gasteiger partial charge in [-0.2, -0.15) is 0 Å². The van der Waals surface area contributed by atoms with Crippen molar-refractivity contribution in [3.63, 3.8) is 0 Å². The number of amides is 1. The molecule has 0 aromatic heterocycles. The highest BCUT2D eigenvalue weighted by Crippen LogP contribution is 2.26. The number of aliphatic hydroxyl groups is 1. The lowest BCUT2D eigenvalue weighted by atomic mass is 10.0. The lowest BCUT2D eigenvalue weighted by Crippen LogP contribution is -2.35. The van der Waals surface area contributed by atoms with E-state index in [1.807, 2.05) is 23.1 Å². The van der Waals surface area contributed by atoms with Crippen LogP contribution in [0.25, 0.3) is 0 Å². The van der Waals surface area contributed by atoms with Gasteiger partial charge in [-0.25, -0.2) is 0 Å². The number of piperidine rings is 1. The molecule has 0 atom stereocenters. The van der Waals surface area contributed by atoms with E-state index in [1.54, 1.807) is 0 Å². The molecule has 3 nitrogen and oxygen atoms in total. The fourth-order valence-corrected chi connectivity index (χ4v) is 2.41. The fourth-order valence-electron chi connectivity index (χ4n) is 2.41. The molecule has 0 aliphatic carbocycles. The highest BCUT2D eigenvalue weighted by Gasteiger charge is 2.21. The quantitative estimate of drug-likeness (QED) is 0.824. The van der Waals surface area contributed by atoms with Crippen LogP contribution in [-0.4, -0.2) is 24.2 Å². The minimum Gasteiger partial charge on any atom is -0.384 e. The maximum absolute atomic E-state index is 12.0. The predicted molar refractivity (Wildman–Crippen MR) is 76.0 cm³/mol. The summed E-state index contributed by atoms with van der Waals surface area (Å²) >= 11 is 0. The smallest absolute Gasteiger partial charge is 0.226 e. The van der Waals surface area contributed by atoms with E-state index in [1.165, 1.54) is 0 Å². The van der Waals surface area contributed by atoms with Gasteiger partial charge in [-0.1, -0.05) is 18.8 Å². The second kappa shape index (κ2) is 6.40. The Morgan fingerprint density at radius 3 is 2.89 bits per heavy atom. The van der Waals surface area contributed by atoms with Crippen LogP contribution < -0.4 is 4.90 Å². The molecule has 0 saturated carbocycles. The average Bonchev–Trinajstić information content (AvgIpc) is 2.45. The summed E-state index contributed by atoms with van der Waals surface area (Å²) in [6.45, 7) is 2.76. The number of carbonyl (C=O) groups is 1. The molecule has 19 heavy (non-hydrogen) atoms. The first-order valence-corrected chi connectivity index (χ1v) is 6.79. The summed E-state index contributed by atoms with van der Waals surface area (Å²) in [6, 6.07) is 5.91. The van der Waals surface area contributed by atoms with Crippen molar-refractivity contribution >= 4 is 11.6 Å². The van der Waals surface area contributed by atoms with Crippen molar-refractivity contribution < 1.29 is 9.90 Å². The highest BCUT2D eigenvalue weighted by atomic mass is 16.2. The van der Waals surface area contributed by atoms with Crippen molar-refractivity contribution in [3.8, 4) is 11.8 Å². The Bertz CT molecular complexity index is 525. The van der Waals surface area contributed by atoms with Crippen molar-refractivity contribution in [2.75, 3.05) is 18.1 Å². The van der Waals surface area contributed by atoms with Crippen LogP contribution in [0.4, 0.5) is 5.69 Å². The maximum Gasteiger partial charge on any atom is 0.226 e. The molecule has 1 amide bonds. The average molecular weight is 257 g/mol. The molecular formula is C16H19NO2. The number of rotatable bonds is 2. The number of hydrogen-bond acceptors (Lipinski definition) is 2. The first-order chi connectivity index (χ1) is 9.26. The number of carbonyl (C=O) groups excluding carboxylic acids is 1. The van der Waals surface area contributed by atoms with Gasteiger partial charge in [0.25, 0.3) is 0 Å². The Balaban J connectivity index is 2.32. The molecule has 0 bridgehead atoms. The van der Waals surface area contributed by atoms with Gasteiger partial charge in [-0.15, -0.1) is 0 Å². The number of aliphatic hydroxyl groups excluding tert-OH is 1. The third-order valence-electron chi connectivity index (χ3n) is 3.39. The van der Waals surface area contributed by atoms with Crippen LogP contribution >= 0.6 is 0 Å². The number of aryl methyl sites for hydroxylation is 1. The zero-order chi connectivity index (χ0) is 13.7. The second-order valence-electron chi connectivity index (χ2n) is 4.66. The molecule has 0 unspecified atom stereocenters. The molecule has 2 rings (SSSR count). The van der Waals surface area contributed by atoms with Crippen LogP contribution in [0.3, 0.4) is 0 Å². The summed E-state index contributed by atoms with van der Waals surface area (Å²) in [5.74, 6) is 5.77. The largest absolute Gasteiger partial charge is 0.384 e. The van der Waals surface area contributed by atoms with Gasteiger partial charge in [0.15, 0.2) is 0 Å². The van der Waals surface area contributed by atoms with Gasteiger partial charge in [0.05, 0.1) is 0 Å². The minimum absolute atomic E-state index is 0.131. The van der Waals surface area contributed by atoms with Crippen molar-refractivity contribution in [2.24, 2.45) is 0 Å². The van der Waals surface area contributed by atoms with E-state index in [2.05, 4.69) is 18.8 Å². The van der Waals surface area contributed by atoms with Gasteiger partial charge in [-0.05, 0) is 43.0 Å². The van der Waals surface area contributed by atoms with Crippen LogP contribution in [0.5, 0.6) is 0 Å². The number of hydrogen-bond donors (Lipinski definition) is 1. The Morgan fingerprint density at radius 1 is 1.37 bits per heavy atom. The monoisotopic (exact) mass is 257 g/mol. The van der Waals surface area contributed by atoms with Gasteiger partial charge >= 0.3 is 0 Å². The van der Waals surface area contributed by atoms with Gasteiger partial charge in [0, 0.05) is 24.2 Å². The molecule has 1 aromatic rings. The first-order valence-electron chi connectivity index (χ1n) is 6.79. The van der Waals surface area contributed by atoms with E-state index in [9.17, 15) is 4.79 Å². The summed E-state index contributed by atoms with van der Waals surface area (Å²) in [7, 11) is 0. The van der Waals surface area contributed by atoms with Crippen LogP contribution in [0.1, 0.15) is 37.3 Å².